The number of carbonyl (C=O) groups is 1. The van der Waals surface area contributed by atoms with Gasteiger partial charge in [-0.05, 0) is 25.2 Å². The molecule has 0 aromatic heterocycles. The summed E-state index contributed by atoms with van der Waals surface area (Å²) in [6, 6.07) is 1.18. The van der Waals surface area contributed by atoms with E-state index in [1.54, 1.807) is 0 Å². The summed E-state index contributed by atoms with van der Waals surface area (Å²) in [6.07, 6.45) is 4.39. The van der Waals surface area contributed by atoms with Crippen molar-refractivity contribution in [2.24, 2.45) is 11.8 Å². The van der Waals surface area contributed by atoms with E-state index in [1.165, 1.54) is 12.8 Å². The zero-order chi connectivity index (χ0) is 9.42. The van der Waals surface area contributed by atoms with E-state index in [0.29, 0.717) is 29.7 Å². The predicted molar refractivity (Wildman–Crippen MR) is 52.5 cm³/mol. The number of fused-ring (bicyclic) bond motifs is 2. The Bertz CT molecular complexity index is 212. The molecule has 0 spiro atoms. The average Bonchev–Trinajstić information content (AvgIpc) is 2.62. The maximum absolute atomic E-state index is 11.8. The fourth-order valence-electron chi connectivity index (χ4n) is 2.73. The molecule has 2 heteroatoms. The fraction of sp³-hybridized carbons (Fsp3) is 0.909. The molecule has 2 aliphatic heterocycles. The summed E-state index contributed by atoms with van der Waals surface area (Å²) >= 11 is 0. The SMILES string of the molecule is CC(C)CC(=O)C1CC2CCC1N2. The van der Waals surface area contributed by atoms with Gasteiger partial charge in [0.15, 0.2) is 0 Å². The van der Waals surface area contributed by atoms with E-state index in [-0.39, 0.29) is 0 Å². The molecule has 2 nitrogen and oxygen atoms in total. The molecule has 0 radical (unpaired) electrons. The first-order valence-electron chi connectivity index (χ1n) is 5.45. The molecule has 0 aliphatic carbocycles. The van der Waals surface area contributed by atoms with Gasteiger partial charge in [0.2, 0.25) is 0 Å². The Morgan fingerprint density at radius 2 is 2.23 bits per heavy atom. The van der Waals surface area contributed by atoms with Crippen LogP contribution in [-0.4, -0.2) is 17.9 Å². The van der Waals surface area contributed by atoms with Crippen molar-refractivity contribution in [1.29, 1.82) is 0 Å². The topological polar surface area (TPSA) is 29.1 Å². The van der Waals surface area contributed by atoms with Crippen LogP contribution in [0, 0.1) is 11.8 Å². The first-order valence-corrected chi connectivity index (χ1v) is 5.45. The van der Waals surface area contributed by atoms with Crippen LogP contribution in [0.1, 0.15) is 39.5 Å². The van der Waals surface area contributed by atoms with Crippen molar-refractivity contribution in [2.45, 2.75) is 51.6 Å². The lowest BCUT2D eigenvalue weighted by atomic mass is 9.83. The van der Waals surface area contributed by atoms with E-state index in [9.17, 15) is 4.79 Å². The average molecular weight is 181 g/mol. The molecule has 2 aliphatic rings. The monoisotopic (exact) mass is 181 g/mol. The van der Waals surface area contributed by atoms with Gasteiger partial charge in [-0.1, -0.05) is 13.8 Å². The maximum atomic E-state index is 11.8. The second-order valence-corrected chi connectivity index (χ2v) is 4.95. The number of rotatable bonds is 3. The summed E-state index contributed by atoms with van der Waals surface area (Å²) in [5.41, 5.74) is 0. The largest absolute Gasteiger partial charge is 0.310 e. The van der Waals surface area contributed by atoms with E-state index < -0.39 is 0 Å². The summed E-state index contributed by atoms with van der Waals surface area (Å²) in [6.45, 7) is 4.25. The second kappa shape index (κ2) is 3.41. The van der Waals surface area contributed by atoms with E-state index in [1.807, 2.05) is 0 Å². The molecule has 0 saturated carbocycles. The van der Waals surface area contributed by atoms with Gasteiger partial charge in [0.05, 0.1) is 0 Å². The van der Waals surface area contributed by atoms with E-state index in [0.717, 1.165) is 12.8 Å². The molecule has 2 fully saturated rings. The highest BCUT2D eigenvalue weighted by molar-refractivity contribution is 5.82. The number of carbonyl (C=O) groups excluding carboxylic acids is 1. The molecule has 0 amide bonds. The molecule has 74 valence electrons. The van der Waals surface area contributed by atoms with Crippen molar-refractivity contribution >= 4 is 5.78 Å². The van der Waals surface area contributed by atoms with Gasteiger partial charge in [-0.15, -0.1) is 0 Å². The smallest absolute Gasteiger partial charge is 0.137 e. The first kappa shape index (κ1) is 9.20. The molecular weight excluding hydrogens is 162 g/mol. The van der Waals surface area contributed by atoms with Crippen LogP contribution in [0.2, 0.25) is 0 Å². The van der Waals surface area contributed by atoms with Crippen LogP contribution in [0.3, 0.4) is 0 Å². The Labute approximate surface area is 80.1 Å². The second-order valence-electron chi connectivity index (χ2n) is 4.95. The van der Waals surface area contributed by atoms with Gasteiger partial charge in [-0.3, -0.25) is 4.79 Å². The maximum Gasteiger partial charge on any atom is 0.137 e. The van der Waals surface area contributed by atoms with Crippen molar-refractivity contribution in [2.75, 3.05) is 0 Å². The van der Waals surface area contributed by atoms with Crippen LogP contribution in [0.4, 0.5) is 0 Å². The molecule has 13 heavy (non-hydrogen) atoms. The molecule has 3 atom stereocenters. The lowest BCUT2D eigenvalue weighted by Crippen LogP contribution is -2.29. The summed E-state index contributed by atoms with van der Waals surface area (Å²) in [5, 5.41) is 3.51. The molecule has 3 unspecified atom stereocenters. The molecule has 0 aromatic carbocycles. The third-order valence-electron chi connectivity index (χ3n) is 3.32. The Balaban J connectivity index is 1.91. The van der Waals surface area contributed by atoms with Crippen LogP contribution in [-0.2, 0) is 4.79 Å². The molecular formula is C11H19NO. The minimum atomic E-state index is 0.348. The molecule has 1 N–H and O–H groups in total. The Morgan fingerprint density at radius 3 is 2.69 bits per heavy atom. The molecule has 2 bridgehead atoms. The van der Waals surface area contributed by atoms with Gasteiger partial charge in [-0.25, -0.2) is 0 Å². The predicted octanol–water partition coefficient (Wildman–Crippen LogP) is 1.74. The third-order valence-corrected chi connectivity index (χ3v) is 3.32. The summed E-state index contributed by atoms with van der Waals surface area (Å²) in [4.78, 5) is 11.8. The minimum absolute atomic E-state index is 0.348. The lowest BCUT2D eigenvalue weighted by molar-refractivity contribution is -0.124. The summed E-state index contributed by atoms with van der Waals surface area (Å²) in [7, 11) is 0. The van der Waals surface area contributed by atoms with Gasteiger partial charge in [0.25, 0.3) is 0 Å². The normalized spacial score (nSPS) is 37.3. The van der Waals surface area contributed by atoms with Gasteiger partial charge in [-0.2, -0.15) is 0 Å². The fourth-order valence-corrected chi connectivity index (χ4v) is 2.73. The molecule has 0 aromatic rings. The summed E-state index contributed by atoms with van der Waals surface area (Å²) < 4.78 is 0. The highest BCUT2D eigenvalue weighted by Gasteiger charge is 2.42. The number of nitrogens with one attached hydrogen (secondary N) is 1. The van der Waals surface area contributed by atoms with Crippen LogP contribution >= 0.6 is 0 Å². The minimum Gasteiger partial charge on any atom is -0.310 e. The first-order chi connectivity index (χ1) is 6.16. The van der Waals surface area contributed by atoms with E-state index >= 15 is 0 Å². The standard InChI is InChI=1S/C11H19NO/c1-7(2)5-11(13)9-6-8-3-4-10(9)12-8/h7-10,12H,3-6H2,1-2H3. The quantitative estimate of drug-likeness (QED) is 0.718. The van der Waals surface area contributed by atoms with Crippen molar-refractivity contribution in [3.63, 3.8) is 0 Å². The Morgan fingerprint density at radius 1 is 1.46 bits per heavy atom. The number of hydrogen-bond donors (Lipinski definition) is 1. The zero-order valence-corrected chi connectivity index (χ0v) is 8.55. The highest BCUT2D eigenvalue weighted by atomic mass is 16.1. The van der Waals surface area contributed by atoms with Crippen LogP contribution in [0.15, 0.2) is 0 Å². The van der Waals surface area contributed by atoms with Crippen molar-refractivity contribution in [3.05, 3.63) is 0 Å². The van der Waals surface area contributed by atoms with Crippen molar-refractivity contribution in [3.8, 4) is 0 Å². The van der Waals surface area contributed by atoms with E-state index in [4.69, 9.17) is 0 Å². The Kier molecular flexibility index (Phi) is 2.41. The number of Topliss-reactive ketones (excluding diaryl/α,β-unsaturated/α-hetero) is 1. The lowest BCUT2D eigenvalue weighted by Gasteiger charge is -2.19. The van der Waals surface area contributed by atoms with Crippen molar-refractivity contribution < 1.29 is 4.79 Å². The van der Waals surface area contributed by atoms with Gasteiger partial charge in [0, 0.05) is 24.4 Å². The third kappa shape index (κ3) is 1.78. The number of ketones is 1. The van der Waals surface area contributed by atoms with Gasteiger partial charge < -0.3 is 5.32 Å². The number of hydrogen-bond acceptors (Lipinski definition) is 2. The van der Waals surface area contributed by atoms with Crippen LogP contribution in [0.25, 0.3) is 0 Å². The van der Waals surface area contributed by atoms with Crippen LogP contribution in [0.5, 0.6) is 0 Å². The molecule has 2 heterocycles. The zero-order valence-electron chi connectivity index (χ0n) is 8.55. The molecule has 2 rings (SSSR count). The van der Waals surface area contributed by atoms with Gasteiger partial charge in [0.1, 0.15) is 5.78 Å². The highest BCUT2D eigenvalue weighted by Crippen LogP contribution is 2.34. The summed E-state index contributed by atoms with van der Waals surface area (Å²) in [5.74, 6) is 1.36. The van der Waals surface area contributed by atoms with Gasteiger partial charge >= 0.3 is 0 Å². The van der Waals surface area contributed by atoms with E-state index in [2.05, 4.69) is 19.2 Å². The Hall–Kier alpha value is -0.370. The van der Waals surface area contributed by atoms with Crippen LogP contribution < -0.4 is 5.32 Å². The molecule has 2 saturated heterocycles. The van der Waals surface area contributed by atoms with Crippen molar-refractivity contribution in [1.82, 2.24) is 5.32 Å².